The molecule has 4 rings (SSSR count). The molecule has 0 spiro atoms. The van der Waals surface area contributed by atoms with Gasteiger partial charge in [-0.05, 0) is 37.1 Å². The number of benzene rings is 2. The maximum Gasteiger partial charge on any atom is 0.337 e. The topological polar surface area (TPSA) is 136 Å². The van der Waals surface area contributed by atoms with Crippen molar-refractivity contribution in [2.45, 2.75) is 18.9 Å². The fraction of sp³-hybridized carbons (Fsp3) is 0.238. The van der Waals surface area contributed by atoms with Gasteiger partial charge in [-0.3, -0.25) is 19.3 Å². The van der Waals surface area contributed by atoms with Gasteiger partial charge >= 0.3 is 5.97 Å². The predicted molar refractivity (Wildman–Crippen MR) is 102 cm³/mol. The molecular weight excluding hydrogens is 392 g/mol. The number of carbonyl (C=O) groups excluding carboxylic acids is 3. The van der Waals surface area contributed by atoms with Gasteiger partial charge in [-0.1, -0.05) is 12.1 Å². The SMILES string of the molecule is O=C(Nc1ccc([O-])cc1C(=O)O)c1ccc2c(c1)C(=O)N(C[C@@H]1CCCO1)C2=O. The average Bonchev–Trinajstić information content (AvgIpc) is 3.32. The van der Waals surface area contributed by atoms with Crippen LogP contribution < -0.4 is 10.4 Å². The zero-order valence-corrected chi connectivity index (χ0v) is 15.7. The number of nitrogens with one attached hydrogen (secondary N) is 1. The van der Waals surface area contributed by atoms with Gasteiger partial charge in [0.25, 0.3) is 17.7 Å². The molecule has 2 aliphatic rings. The van der Waals surface area contributed by atoms with E-state index in [1.165, 1.54) is 24.3 Å². The van der Waals surface area contributed by atoms with Gasteiger partial charge in [-0.2, -0.15) is 0 Å². The number of amides is 3. The van der Waals surface area contributed by atoms with Crippen molar-refractivity contribution in [2.24, 2.45) is 0 Å². The Hall–Kier alpha value is -3.72. The van der Waals surface area contributed by atoms with E-state index in [0.717, 1.165) is 29.9 Å². The van der Waals surface area contributed by atoms with E-state index < -0.39 is 29.4 Å². The number of fused-ring (bicyclic) bond motifs is 1. The number of anilines is 1. The van der Waals surface area contributed by atoms with Crippen molar-refractivity contribution in [1.82, 2.24) is 4.90 Å². The van der Waals surface area contributed by atoms with Crippen LogP contribution in [-0.4, -0.2) is 53.0 Å². The molecule has 9 heteroatoms. The molecule has 0 bridgehead atoms. The Bertz CT molecular complexity index is 1070. The van der Waals surface area contributed by atoms with Crippen LogP contribution in [0.4, 0.5) is 5.69 Å². The van der Waals surface area contributed by atoms with E-state index in [0.29, 0.717) is 6.61 Å². The fourth-order valence-electron chi connectivity index (χ4n) is 3.59. The van der Waals surface area contributed by atoms with E-state index >= 15 is 0 Å². The number of imide groups is 1. The number of rotatable bonds is 5. The summed E-state index contributed by atoms with van der Waals surface area (Å²) in [6.07, 6.45) is 1.47. The molecule has 2 aromatic carbocycles. The van der Waals surface area contributed by atoms with Crippen LogP contribution in [0.1, 0.15) is 54.3 Å². The van der Waals surface area contributed by atoms with E-state index in [1.807, 2.05) is 0 Å². The van der Waals surface area contributed by atoms with Crippen LogP contribution in [0.15, 0.2) is 36.4 Å². The van der Waals surface area contributed by atoms with Crippen LogP contribution in [0.5, 0.6) is 5.75 Å². The van der Waals surface area contributed by atoms with Crippen LogP contribution in [0, 0.1) is 0 Å². The predicted octanol–water partition coefficient (Wildman–Crippen LogP) is 1.49. The van der Waals surface area contributed by atoms with Gasteiger partial charge < -0.3 is 20.3 Å². The van der Waals surface area contributed by atoms with Crippen LogP contribution in [0.25, 0.3) is 0 Å². The average molecular weight is 409 g/mol. The summed E-state index contributed by atoms with van der Waals surface area (Å²) in [5.41, 5.74) is 0.00732. The number of nitrogens with zero attached hydrogens (tertiary/aromatic N) is 1. The van der Waals surface area contributed by atoms with Crippen molar-refractivity contribution in [3.05, 3.63) is 58.7 Å². The zero-order chi connectivity index (χ0) is 21.4. The minimum absolute atomic E-state index is 0.0463. The Labute approximate surface area is 170 Å². The van der Waals surface area contributed by atoms with Crippen molar-refractivity contribution in [3.63, 3.8) is 0 Å². The third-order valence-corrected chi connectivity index (χ3v) is 5.11. The first-order valence-electron chi connectivity index (χ1n) is 9.32. The molecule has 154 valence electrons. The lowest BCUT2D eigenvalue weighted by molar-refractivity contribution is -0.268. The third kappa shape index (κ3) is 3.50. The first-order chi connectivity index (χ1) is 14.3. The molecule has 2 heterocycles. The number of carboxylic acids is 1. The maximum absolute atomic E-state index is 12.7. The highest BCUT2D eigenvalue weighted by Gasteiger charge is 2.38. The van der Waals surface area contributed by atoms with Gasteiger partial charge in [0.2, 0.25) is 0 Å². The monoisotopic (exact) mass is 409 g/mol. The molecule has 0 aliphatic carbocycles. The van der Waals surface area contributed by atoms with E-state index in [4.69, 9.17) is 4.74 Å². The third-order valence-electron chi connectivity index (χ3n) is 5.11. The maximum atomic E-state index is 12.7. The molecule has 2 N–H and O–H groups in total. The quantitative estimate of drug-likeness (QED) is 0.714. The summed E-state index contributed by atoms with van der Waals surface area (Å²) in [4.78, 5) is 50.3. The Balaban J connectivity index is 1.56. The molecule has 1 saturated heterocycles. The van der Waals surface area contributed by atoms with Crippen LogP contribution in [0.2, 0.25) is 0 Å². The summed E-state index contributed by atoms with van der Waals surface area (Å²) in [7, 11) is 0. The molecule has 2 aromatic rings. The molecule has 2 aliphatic heterocycles. The Kier molecular flexibility index (Phi) is 4.96. The first kappa shape index (κ1) is 19.6. The lowest BCUT2D eigenvalue weighted by Gasteiger charge is -2.17. The van der Waals surface area contributed by atoms with Gasteiger partial charge in [0, 0.05) is 12.2 Å². The van der Waals surface area contributed by atoms with Crippen molar-refractivity contribution >= 4 is 29.4 Å². The second-order valence-corrected chi connectivity index (χ2v) is 7.08. The Morgan fingerprint density at radius 2 is 1.90 bits per heavy atom. The molecule has 1 fully saturated rings. The van der Waals surface area contributed by atoms with E-state index in [9.17, 15) is 29.4 Å². The molecule has 0 aromatic heterocycles. The molecule has 0 saturated carbocycles. The van der Waals surface area contributed by atoms with Crippen LogP contribution >= 0.6 is 0 Å². The Morgan fingerprint density at radius 1 is 1.13 bits per heavy atom. The Morgan fingerprint density at radius 3 is 2.60 bits per heavy atom. The van der Waals surface area contributed by atoms with Crippen molar-refractivity contribution in [2.75, 3.05) is 18.5 Å². The second-order valence-electron chi connectivity index (χ2n) is 7.08. The molecular formula is C21H17N2O7-. The lowest BCUT2D eigenvalue weighted by atomic mass is 10.0. The summed E-state index contributed by atoms with van der Waals surface area (Å²) >= 11 is 0. The lowest BCUT2D eigenvalue weighted by Crippen LogP contribution is -2.36. The largest absolute Gasteiger partial charge is 0.872 e. The molecule has 0 unspecified atom stereocenters. The second kappa shape index (κ2) is 7.60. The van der Waals surface area contributed by atoms with Crippen LogP contribution in [-0.2, 0) is 4.74 Å². The summed E-state index contributed by atoms with van der Waals surface area (Å²) in [5.74, 6) is -3.46. The minimum Gasteiger partial charge on any atom is -0.872 e. The van der Waals surface area contributed by atoms with E-state index in [1.54, 1.807) is 0 Å². The smallest absolute Gasteiger partial charge is 0.337 e. The van der Waals surface area contributed by atoms with Gasteiger partial charge in [0.15, 0.2) is 0 Å². The number of carboxylic acid groups (broad SMARTS) is 1. The number of aromatic carboxylic acids is 1. The molecule has 9 nitrogen and oxygen atoms in total. The van der Waals surface area contributed by atoms with Gasteiger partial charge in [0.1, 0.15) is 0 Å². The van der Waals surface area contributed by atoms with Crippen molar-refractivity contribution in [3.8, 4) is 5.75 Å². The summed E-state index contributed by atoms with van der Waals surface area (Å²) in [6.45, 7) is 0.765. The van der Waals surface area contributed by atoms with E-state index in [-0.39, 0.29) is 40.6 Å². The fourth-order valence-corrected chi connectivity index (χ4v) is 3.59. The number of hydrogen-bond donors (Lipinski definition) is 2. The first-order valence-corrected chi connectivity index (χ1v) is 9.32. The normalized spacial score (nSPS) is 17.9. The number of hydrogen-bond acceptors (Lipinski definition) is 6. The van der Waals surface area contributed by atoms with Crippen molar-refractivity contribution in [1.29, 1.82) is 0 Å². The standard InChI is InChI=1S/C21H18N2O7/c24-12-4-6-17(16(9-12)21(28)29)22-18(25)11-3-5-14-15(8-11)20(27)23(19(14)26)10-13-2-1-7-30-13/h3-6,8-9,13,24H,1-2,7,10H2,(H,22,25)(H,28,29)/p-1/t13-/m0/s1. The van der Waals surface area contributed by atoms with Gasteiger partial charge in [-0.25, -0.2) is 4.79 Å². The summed E-state index contributed by atoms with van der Waals surface area (Å²) < 4.78 is 5.50. The highest BCUT2D eigenvalue weighted by Crippen LogP contribution is 2.27. The molecule has 1 atom stereocenters. The number of carbonyl (C=O) groups is 4. The molecule has 30 heavy (non-hydrogen) atoms. The van der Waals surface area contributed by atoms with E-state index in [2.05, 4.69) is 5.32 Å². The molecule has 0 radical (unpaired) electrons. The number of ether oxygens (including phenoxy) is 1. The highest BCUT2D eigenvalue weighted by molar-refractivity contribution is 6.22. The summed E-state index contributed by atoms with van der Waals surface area (Å²) in [6, 6.07) is 7.34. The van der Waals surface area contributed by atoms with Crippen LogP contribution in [0.3, 0.4) is 0 Å². The van der Waals surface area contributed by atoms with Gasteiger partial charge in [-0.15, -0.1) is 5.75 Å². The zero-order valence-electron chi connectivity index (χ0n) is 15.7. The van der Waals surface area contributed by atoms with Gasteiger partial charge in [0.05, 0.1) is 35.0 Å². The molecule has 3 amide bonds. The minimum atomic E-state index is -1.36. The summed E-state index contributed by atoms with van der Waals surface area (Å²) in [5, 5.41) is 23.0. The van der Waals surface area contributed by atoms with Crippen molar-refractivity contribution < 1.29 is 34.1 Å². The highest BCUT2D eigenvalue weighted by atomic mass is 16.5.